The van der Waals surface area contributed by atoms with E-state index in [1.807, 2.05) is 11.8 Å². The molecule has 3 nitrogen and oxygen atoms in total. The van der Waals surface area contributed by atoms with Gasteiger partial charge in [-0.1, -0.05) is 12.1 Å². The van der Waals surface area contributed by atoms with Crippen LogP contribution in [-0.2, 0) is 4.79 Å². The van der Waals surface area contributed by atoms with Crippen molar-refractivity contribution in [2.45, 2.75) is 6.92 Å². The molecule has 4 heteroatoms. The zero-order valence-electron chi connectivity index (χ0n) is 9.95. The Morgan fingerprint density at radius 2 is 2.35 bits per heavy atom. The third kappa shape index (κ3) is 4.26. The molecule has 0 aliphatic heterocycles. The molecule has 1 aromatic rings. The van der Waals surface area contributed by atoms with Crippen LogP contribution in [0.15, 0.2) is 36.9 Å². The number of anilines is 1. The molecule has 1 aromatic carbocycles. The predicted molar refractivity (Wildman–Crippen MR) is 67.5 cm³/mol. The van der Waals surface area contributed by atoms with Gasteiger partial charge in [0.2, 0.25) is 5.91 Å². The van der Waals surface area contributed by atoms with Crippen molar-refractivity contribution in [3.8, 4) is 0 Å². The van der Waals surface area contributed by atoms with Crippen molar-refractivity contribution < 1.29 is 9.18 Å². The lowest BCUT2D eigenvalue weighted by molar-refractivity contribution is -0.119. The molecule has 92 valence electrons. The van der Waals surface area contributed by atoms with Gasteiger partial charge in [-0.3, -0.25) is 4.79 Å². The highest BCUT2D eigenvalue weighted by atomic mass is 19.1. The van der Waals surface area contributed by atoms with E-state index < -0.39 is 0 Å². The van der Waals surface area contributed by atoms with Gasteiger partial charge in [-0.05, 0) is 25.1 Å². The Bertz CT molecular complexity index is 393. The minimum Gasteiger partial charge on any atom is -0.362 e. The number of benzene rings is 1. The van der Waals surface area contributed by atoms with Gasteiger partial charge in [0.25, 0.3) is 0 Å². The second kappa shape index (κ2) is 6.68. The van der Waals surface area contributed by atoms with Crippen LogP contribution < -0.4 is 10.2 Å². The summed E-state index contributed by atoms with van der Waals surface area (Å²) in [6, 6.07) is 6.22. The summed E-state index contributed by atoms with van der Waals surface area (Å²) in [4.78, 5) is 13.3. The highest BCUT2D eigenvalue weighted by Gasteiger charge is 2.09. The SMILES string of the molecule is C=CCNC(=O)CN(CC)c1cccc(F)c1. The van der Waals surface area contributed by atoms with Crippen LogP contribution in [0.1, 0.15) is 6.92 Å². The van der Waals surface area contributed by atoms with Gasteiger partial charge in [0.05, 0.1) is 6.54 Å². The van der Waals surface area contributed by atoms with Gasteiger partial charge in [0.15, 0.2) is 0 Å². The Kier molecular flexibility index (Phi) is 5.20. The maximum absolute atomic E-state index is 13.1. The third-order valence-corrected chi connectivity index (χ3v) is 2.33. The standard InChI is InChI=1S/C13H17FN2O/c1-3-8-15-13(17)10-16(4-2)12-7-5-6-11(14)9-12/h3,5-7,9H,1,4,8,10H2,2H3,(H,15,17). The smallest absolute Gasteiger partial charge is 0.239 e. The van der Waals surface area contributed by atoms with Gasteiger partial charge < -0.3 is 10.2 Å². The lowest BCUT2D eigenvalue weighted by Crippen LogP contribution is -2.37. The molecule has 0 saturated carbocycles. The average Bonchev–Trinajstić information content (AvgIpc) is 2.33. The molecule has 0 fully saturated rings. The second-order valence-electron chi connectivity index (χ2n) is 3.59. The number of carbonyl (C=O) groups is 1. The van der Waals surface area contributed by atoms with Crippen LogP contribution in [0.25, 0.3) is 0 Å². The van der Waals surface area contributed by atoms with Crippen LogP contribution in [0, 0.1) is 5.82 Å². The highest BCUT2D eigenvalue weighted by molar-refractivity contribution is 5.81. The Morgan fingerprint density at radius 1 is 1.59 bits per heavy atom. The van der Waals surface area contributed by atoms with Gasteiger partial charge in [-0.2, -0.15) is 0 Å². The minimum atomic E-state index is -0.299. The fraction of sp³-hybridized carbons (Fsp3) is 0.308. The highest BCUT2D eigenvalue weighted by Crippen LogP contribution is 2.14. The first-order valence-electron chi connectivity index (χ1n) is 5.55. The molecule has 0 unspecified atom stereocenters. The number of hydrogen-bond donors (Lipinski definition) is 1. The van der Waals surface area contributed by atoms with Crippen LogP contribution in [0.4, 0.5) is 10.1 Å². The van der Waals surface area contributed by atoms with Crippen molar-refractivity contribution in [2.75, 3.05) is 24.5 Å². The van der Waals surface area contributed by atoms with Crippen molar-refractivity contribution in [1.82, 2.24) is 5.32 Å². The van der Waals surface area contributed by atoms with E-state index in [-0.39, 0.29) is 18.3 Å². The molecule has 0 radical (unpaired) electrons. The second-order valence-corrected chi connectivity index (χ2v) is 3.59. The number of carbonyl (C=O) groups excluding carboxylic acids is 1. The molecule has 1 amide bonds. The maximum Gasteiger partial charge on any atom is 0.239 e. The summed E-state index contributed by atoms with van der Waals surface area (Å²) in [6.07, 6.45) is 1.62. The molecule has 1 N–H and O–H groups in total. The molecule has 0 bridgehead atoms. The summed E-state index contributed by atoms with van der Waals surface area (Å²) < 4.78 is 13.1. The number of amides is 1. The lowest BCUT2D eigenvalue weighted by atomic mass is 10.2. The number of nitrogens with zero attached hydrogens (tertiary/aromatic N) is 1. The Balaban J connectivity index is 2.65. The summed E-state index contributed by atoms with van der Waals surface area (Å²) in [5.74, 6) is -0.400. The zero-order chi connectivity index (χ0) is 12.7. The van der Waals surface area contributed by atoms with E-state index in [9.17, 15) is 9.18 Å². The number of hydrogen-bond acceptors (Lipinski definition) is 2. The van der Waals surface area contributed by atoms with E-state index in [1.54, 1.807) is 18.2 Å². The van der Waals surface area contributed by atoms with Gasteiger partial charge in [0.1, 0.15) is 5.82 Å². The molecular weight excluding hydrogens is 219 g/mol. The van der Waals surface area contributed by atoms with Gasteiger partial charge >= 0.3 is 0 Å². The first-order chi connectivity index (χ1) is 8.17. The zero-order valence-corrected chi connectivity index (χ0v) is 9.95. The van der Waals surface area contributed by atoms with E-state index in [4.69, 9.17) is 0 Å². The van der Waals surface area contributed by atoms with E-state index in [0.29, 0.717) is 18.8 Å². The first kappa shape index (κ1) is 13.2. The third-order valence-electron chi connectivity index (χ3n) is 2.33. The number of nitrogens with one attached hydrogen (secondary N) is 1. The molecule has 0 aromatic heterocycles. The normalized spacial score (nSPS) is 9.76. The fourth-order valence-electron chi connectivity index (χ4n) is 1.47. The van der Waals surface area contributed by atoms with E-state index in [2.05, 4.69) is 11.9 Å². The van der Waals surface area contributed by atoms with Gasteiger partial charge in [-0.25, -0.2) is 4.39 Å². The molecule has 0 aliphatic rings. The molecule has 0 aliphatic carbocycles. The topological polar surface area (TPSA) is 32.3 Å². The summed E-state index contributed by atoms with van der Waals surface area (Å²) in [6.45, 7) is 6.75. The van der Waals surface area contributed by atoms with Crippen molar-refractivity contribution in [3.63, 3.8) is 0 Å². The van der Waals surface area contributed by atoms with Crippen LogP contribution >= 0.6 is 0 Å². The fourth-order valence-corrected chi connectivity index (χ4v) is 1.47. The molecule has 0 spiro atoms. The molecule has 0 saturated heterocycles. The molecule has 1 rings (SSSR count). The van der Waals surface area contributed by atoms with E-state index >= 15 is 0 Å². The predicted octanol–water partition coefficient (Wildman–Crippen LogP) is 1.95. The minimum absolute atomic E-state index is 0.101. The summed E-state index contributed by atoms with van der Waals surface area (Å²) in [5, 5.41) is 2.69. The Hall–Kier alpha value is -1.84. The Morgan fingerprint density at radius 3 is 2.94 bits per heavy atom. The molecule has 17 heavy (non-hydrogen) atoms. The van der Waals surface area contributed by atoms with Crippen LogP contribution in [-0.4, -0.2) is 25.5 Å². The van der Waals surface area contributed by atoms with Gasteiger partial charge in [0, 0.05) is 18.8 Å². The van der Waals surface area contributed by atoms with Crippen molar-refractivity contribution in [2.24, 2.45) is 0 Å². The van der Waals surface area contributed by atoms with E-state index in [1.165, 1.54) is 12.1 Å². The van der Waals surface area contributed by atoms with E-state index in [0.717, 1.165) is 0 Å². The first-order valence-corrected chi connectivity index (χ1v) is 5.55. The van der Waals surface area contributed by atoms with Gasteiger partial charge in [-0.15, -0.1) is 6.58 Å². The lowest BCUT2D eigenvalue weighted by Gasteiger charge is -2.22. The summed E-state index contributed by atoms with van der Waals surface area (Å²) >= 11 is 0. The summed E-state index contributed by atoms with van der Waals surface area (Å²) in [5.41, 5.74) is 0.709. The number of halogens is 1. The quantitative estimate of drug-likeness (QED) is 0.766. The number of likely N-dealkylation sites (N-methyl/N-ethyl adjacent to an activating group) is 1. The van der Waals surface area contributed by atoms with Crippen LogP contribution in [0.2, 0.25) is 0 Å². The van der Waals surface area contributed by atoms with Crippen LogP contribution in [0.5, 0.6) is 0 Å². The number of rotatable bonds is 6. The van der Waals surface area contributed by atoms with Crippen LogP contribution in [0.3, 0.4) is 0 Å². The average molecular weight is 236 g/mol. The Labute approximate surface area is 101 Å². The van der Waals surface area contributed by atoms with Crippen molar-refractivity contribution in [1.29, 1.82) is 0 Å². The monoisotopic (exact) mass is 236 g/mol. The largest absolute Gasteiger partial charge is 0.362 e. The molecular formula is C13H17FN2O. The molecule has 0 heterocycles. The van der Waals surface area contributed by atoms with Crippen molar-refractivity contribution in [3.05, 3.63) is 42.7 Å². The maximum atomic E-state index is 13.1. The van der Waals surface area contributed by atoms with Crippen molar-refractivity contribution >= 4 is 11.6 Å². The summed E-state index contributed by atoms with van der Waals surface area (Å²) in [7, 11) is 0. The molecule has 0 atom stereocenters.